The normalized spacial score (nSPS) is 14.7. The van der Waals surface area contributed by atoms with E-state index in [2.05, 4.69) is 32.7 Å². The molecule has 1 saturated heterocycles. The van der Waals surface area contributed by atoms with Gasteiger partial charge in [0.15, 0.2) is 0 Å². The molecule has 37 heavy (non-hydrogen) atoms. The maximum atomic E-state index is 12.4. The van der Waals surface area contributed by atoms with Crippen molar-refractivity contribution in [1.82, 2.24) is 21.0 Å². The molecule has 3 rings (SSSR count). The van der Waals surface area contributed by atoms with Gasteiger partial charge >= 0.3 is 0 Å². The third-order valence-corrected chi connectivity index (χ3v) is 5.92. The second-order valence-electron chi connectivity index (χ2n) is 8.85. The fourth-order valence-corrected chi connectivity index (χ4v) is 3.84. The molecule has 0 aromatic heterocycles. The molecule has 0 saturated carbocycles. The summed E-state index contributed by atoms with van der Waals surface area (Å²) in [5.74, 6) is 4.46. The lowest BCUT2D eigenvalue weighted by Crippen LogP contribution is -2.51. The van der Waals surface area contributed by atoms with E-state index in [9.17, 15) is 19.5 Å². The third-order valence-electron chi connectivity index (χ3n) is 5.92. The van der Waals surface area contributed by atoms with Gasteiger partial charge in [0.2, 0.25) is 5.91 Å². The summed E-state index contributed by atoms with van der Waals surface area (Å²) in [6.45, 7) is 5.63. The molecule has 0 bridgehead atoms. The Bertz CT molecular complexity index is 1120. The number of carbonyl (C=O) groups excluding carboxylic acids is 3. The predicted molar refractivity (Wildman–Crippen MR) is 139 cm³/mol. The molecule has 2 aromatic rings. The van der Waals surface area contributed by atoms with Gasteiger partial charge in [-0.05, 0) is 81.4 Å². The van der Waals surface area contributed by atoms with Crippen molar-refractivity contribution in [3.63, 3.8) is 0 Å². The molecular formula is C27H33N5O5. The number of rotatable bonds is 10. The molecule has 2 aromatic carbocycles. The molecule has 1 heterocycles. The molecule has 10 nitrogen and oxygen atoms in total. The van der Waals surface area contributed by atoms with E-state index in [0.717, 1.165) is 31.7 Å². The molecule has 10 heteroatoms. The fraction of sp³-hybridized carbons (Fsp3) is 0.370. The van der Waals surface area contributed by atoms with E-state index in [-0.39, 0.29) is 18.0 Å². The number of amides is 3. The third kappa shape index (κ3) is 9.00. The molecule has 196 valence electrons. The quantitative estimate of drug-likeness (QED) is 0.120. The lowest BCUT2D eigenvalue weighted by molar-refractivity contribution is -0.133. The van der Waals surface area contributed by atoms with Crippen LogP contribution in [0, 0.1) is 11.8 Å². The van der Waals surface area contributed by atoms with Gasteiger partial charge in [0.05, 0.1) is 12.6 Å². The summed E-state index contributed by atoms with van der Waals surface area (Å²) < 4.78 is 0. The summed E-state index contributed by atoms with van der Waals surface area (Å²) >= 11 is 0. The number of carbonyl (C=O) groups is 3. The van der Waals surface area contributed by atoms with E-state index in [0.29, 0.717) is 11.3 Å². The van der Waals surface area contributed by atoms with Crippen molar-refractivity contribution in [2.24, 2.45) is 0 Å². The Morgan fingerprint density at radius 3 is 2.14 bits per heavy atom. The highest BCUT2D eigenvalue weighted by molar-refractivity contribution is 5.97. The van der Waals surface area contributed by atoms with E-state index in [1.165, 1.54) is 25.2 Å². The topological polar surface area (TPSA) is 143 Å². The first kappa shape index (κ1) is 27.8. The van der Waals surface area contributed by atoms with Gasteiger partial charge in [-0.25, -0.2) is 5.48 Å². The van der Waals surface area contributed by atoms with Crippen LogP contribution < -0.4 is 21.4 Å². The van der Waals surface area contributed by atoms with Gasteiger partial charge in [-0.15, -0.1) is 0 Å². The summed E-state index contributed by atoms with van der Waals surface area (Å²) in [5.41, 5.74) is 3.82. The molecule has 1 fully saturated rings. The average Bonchev–Trinajstić information content (AvgIpc) is 3.42. The molecular weight excluding hydrogens is 474 g/mol. The Labute approximate surface area is 216 Å². The van der Waals surface area contributed by atoms with E-state index in [1.54, 1.807) is 36.4 Å². The molecule has 2 atom stereocenters. The number of aliphatic hydroxyl groups is 1. The van der Waals surface area contributed by atoms with Gasteiger partial charge < -0.3 is 26.0 Å². The number of hydroxylamine groups is 1. The molecule has 3 amide bonds. The Balaban J connectivity index is 1.46. The molecule has 0 radical (unpaired) electrons. The van der Waals surface area contributed by atoms with Crippen molar-refractivity contribution in [3.8, 4) is 11.8 Å². The number of aliphatic hydroxyl groups excluding tert-OH is 1. The maximum absolute atomic E-state index is 12.4. The highest BCUT2D eigenvalue weighted by Crippen LogP contribution is 2.10. The first-order valence-electron chi connectivity index (χ1n) is 12.2. The van der Waals surface area contributed by atoms with Crippen LogP contribution >= 0.6 is 0 Å². The lowest BCUT2D eigenvalue weighted by Gasteiger charge is -2.19. The summed E-state index contributed by atoms with van der Waals surface area (Å²) in [4.78, 5) is 38.5. The second-order valence-corrected chi connectivity index (χ2v) is 8.85. The first-order chi connectivity index (χ1) is 17.9. The van der Waals surface area contributed by atoms with Gasteiger partial charge in [0.25, 0.3) is 11.8 Å². The van der Waals surface area contributed by atoms with Crippen LogP contribution in [0.1, 0.15) is 41.3 Å². The number of likely N-dealkylation sites (tertiary alicyclic amines) is 1. The van der Waals surface area contributed by atoms with Crippen LogP contribution in [-0.4, -0.2) is 77.8 Å². The van der Waals surface area contributed by atoms with Crippen molar-refractivity contribution in [1.29, 1.82) is 0 Å². The van der Waals surface area contributed by atoms with Gasteiger partial charge in [-0.3, -0.25) is 19.6 Å². The maximum Gasteiger partial charge on any atom is 0.268 e. The minimum atomic E-state index is -1.29. The number of benzene rings is 2. The Hall–Kier alpha value is -3.75. The number of hydrogen-bond acceptors (Lipinski definition) is 7. The van der Waals surface area contributed by atoms with Crippen molar-refractivity contribution in [3.05, 3.63) is 65.2 Å². The zero-order chi connectivity index (χ0) is 26.6. The number of nitrogens with zero attached hydrogens (tertiary/aromatic N) is 1. The lowest BCUT2D eigenvalue weighted by atomic mass is 10.1. The molecule has 0 aliphatic carbocycles. The largest absolute Gasteiger partial charge is 0.391 e. The number of anilines is 1. The van der Waals surface area contributed by atoms with Crippen molar-refractivity contribution < 1.29 is 24.7 Å². The monoisotopic (exact) mass is 507 g/mol. The van der Waals surface area contributed by atoms with Crippen LogP contribution in [0.15, 0.2) is 48.5 Å². The zero-order valence-electron chi connectivity index (χ0n) is 20.8. The molecule has 2 unspecified atom stereocenters. The fourth-order valence-electron chi connectivity index (χ4n) is 3.84. The average molecular weight is 508 g/mol. The smallest absolute Gasteiger partial charge is 0.268 e. The van der Waals surface area contributed by atoms with Crippen LogP contribution in [0.3, 0.4) is 0 Å². The standard InChI is InChI=1S/C27H33N5O5/c1-19(33)25(27(36)31-37)30-26(35)22-10-6-20(7-11-22)4-5-21-8-12-23(13-9-21)29-24(34)18-28-14-17-32-15-2-3-16-32/h6-13,19,25,28,33,37H,2-3,14-18H2,1H3,(H,29,34)(H,30,35)(H,31,36). The zero-order valence-corrected chi connectivity index (χ0v) is 20.8. The first-order valence-corrected chi connectivity index (χ1v) is 12.2. The second kappa shape index (κ2) is 14.1. The SMILES string of the molecule is CC(O)C(NC(=O)c1ccc(C#Cc2ccc(NC(=O)CNCCN3CCCC3)cc2)cc1)C(=O)NO. The molecule has 6 N–H and O–H groups in total. The highest BCUT2D eigenvalue weighted by Gasteiger charge is 2.25. The Morgan fingerprint density at radius 1 is 0.973 bits per heavy atom. The molecule has 0 spiro atoms. The Kier molecular flexibility index (Phi) is 10.6. The van der Waals surface area contributed by atoms with E-state index in [4.69, 9.17) is 5.21 Å². The number of hydrogen-bond donors (Lipinski definition) is 6. The van der Waals surface area contributed by atoms with Crippen LogP contribution in [-0.2, 0) is 9.59 Å². The van der Waals surface area contributed by atoms with Gasteiger partial charge in [0.1, 0.15) is 6.04 Å². The summed E-state index contributed by atoms with van der Waals surface area (Å²) in [6, 6.07) is 12.3. The van der Waals surface area contributed by atoms with Crippen molar-refractivity contribution >= 4 is 23.4 Å². The Morgan fingerprint density at radius 2 is 1.57 bits per heavy atom. The predicted octanol–water partition coefficient (Wildman–Crippen LogP) is 0.695. The number of nitrogens with one attached hydrogen (secondary N) is 4. The molecule has 1 aliphatic heterocycles. The minimum Gasteiger partial charge on any atom is -0.391 e. The highest BCUT2D eigenvalue weighted by atomic mass is 16.5. The van der Waals surface area contributed by atoms with Crippen LogP contribution in [0.4, 0.5) is 5.69 Å². The van der Waals surface area contributed by atoms with E-state index in [1.807, 2.05) is 12.1 Å². The van der Waals surface area contributed by atoms with Gasteiger partial charge in [-0.1, -0.05) is 11.8 Å². The van der Waals surface area contributed by atoms with E-state index >= 15 is 0 Å². The van der Waals surface area contributed by atoms with Crippen molar-refractivity contribution in [2.45, 2.75) is 31.9 Å². The minimum absolute atomic E-state index is 0.0962. The van der Waals surface area contributed by atoms with Crippen molar-refractivity contribution in [2.75, 3.05) is 38.0 Å². The van der Waals surface area contributed by atoms with Gasteiger partial charge in [-0.2, -0.15) is 0 Å². The van der Waals surface area contributed by atoms with Gasteiger partial charge in [0, 0.05) is 35.5 Å². The molecule has 1 aliphatic rings. The van der Waals surface area contributed by atoms with Crippen LogP contribution in [0.25, 0.3) is 0 Å². The van der Waals surface area contributed by atoms with Crippen LogP contribution in [0.5, 0.6) is 0 Å². The summed E-state index contributed by atoms with van der Waals surface area (Å²) in [5, 5.41) is 26.8. The van der Waals surface area contributed by atoms with Crippen LogP contribution in [0.2, 0.25) is 0 Å². The summed E-state index contributed by atoms with van der Waals surface area (Å²) in [6.07, 6.45) is 1.32. The summed E-state index contributed by atoms with van der Waals surface area (Å²) in [7, 11) is 0. The van der Waals surface area contributed by atoms with E-state index < -0.39 is 24.0 Å².